The first kappa shape index (κ1) is 25.3. The average molecular weight is 457 g/mol. The van der Waals surface area contributed by atoms with Gasteiger partial charge in [0.1, 0.15) is 5.82 Å². The van der Waals surface area contributed by atoms with Crippen LogP contribution in [-0.4, -0.2) is 64.7 Å². The number of likely N-dealkylation sites (N-methyl/N-ethyl adjacent to an activating group) is 1. The molecular weight excluding hydrogens is 424 g/mol. The second kappa shape index (κ2) is 13.5. The molecule has 9 nitrogen and oxygen atoms in total. The number of aromatic amines is 1. The van der Waals surface area contributed by atoms with Gasteiger partial charge in [-0.25, -0.2) is 4.98 Å². The monoisotopic (exact) mass is 456 g/mol. The molecule has 2 heterocycles. The molecule has 0 atom stereocenters. The molecule has 3 aromatic rings. The molecule has 0 saturated heterocycles. The average Bonchev–Trinajstić information content (AvgIpc) is 3.46. The zero-order valence-corrected chi connectivity index (χ0v) is 20.1. The molecule has 0 aliphatic rings. The van der Waals surface area contributed by atoms with Gasteiger partial charge in [0.05, 0.1) is 18.4 Å². The Morgan fingerprint density at radius 2 is 2.00 bits per heavy atom. The summed E-state index contributed by atoms with van der Waals surface area (Å²) in [4.78, 5) is 14.2. The van der Waals surface area contributed by atoms with Crippen LogP contribution in [0.4, 0.5) is 5.69 Å². The summed E-state index contributed by atoms with van der Waals surface area (Å²) in [5, 5.41) is 14.5. The summed E-state index contributed by atoms with van der Waals surface area (Å²) in [7, 11) is 4.07. The van der Waals surface area contributed by atoms with E-state index in [4.69, 9.17) is 9.93 Å². The third-order valence-corrected chi connectivity index (χ3v) is 4.59. The molecule has 0 radical (unpaired) electrons. The van der Waals surface area contributed by atoms with Crippen molar-refractivity contribution in [3.05, 3.63) is 42.2 Å². The van der Waals surface area contributed by atoms with Crippen LogP contribution in [0.15, 0.2) is 35.0 Å². The van der Waals surface area contributed by atoms with Crippen molar-refractivity contribution in [2.75, 3.05) is 38.2 Å². The Morgan fingerprint density at radius 1 is 1.22 bits per heavy atom. The Hall–Kier alpha value is -2.95. The fraction of sp³-hybridized carbons (Fsp3) is 0.364. The van der Waals surface area contributed by atoms with E-state index >= 15 is 0 Å². The van der Waals surface area contributed by atoms with Crippen LogP contribution in [0.5, 0.6) is 0 Å². The maximum atomic E-state index is 7.10. The van der Waals surface area contributed by atoms with Crippen LogP contribution in [0.1, 0.15) is 25.6 Å². The predicted octanol–water partition coefficient (Wildman–Crippen LogP) is 4.16. The van der Waals surface area contributed by atoms with Crippen molar-refractivity contribution in [3.8, 4) is 22.6 Å². The Morgan fingerprint density at radius 3 is 2.72 bits per heavy atom. The van der Waals surface area contributed by atoms with Crippen molar-refractivity contribution in [1.29, 1.82) is 5.41 Å². The Bertz CT molecular complexity index is 995. The van der Waals surface area contributed by atoms with Crippen molar-refractivity contribution in [2.24, 2.45) is 0 Å². The van der Waals surface area contributed by atoms with Gasteiger partial charge in [-0.05, 0) is 44.4 Å². The molecule has 0 unspecified atom stereocenters. The van der Waals surface area contributed by atoms with E-state index in [0.29, 0.717) is 24.1 Å². The summed E-state index contributed by atoms with van der Waals surface area (Å²) in [5.41, 5.74) is 3.58. The smallest absolute Gasteiger partial charge is 0.240 e. The minimum absolute atomic E-state index is 0.527. The molecule has 3 rings (SSSR count). The Balaban J connectivity index is 0.00000176. The fourth-order valence-electron chi connectivity index (χ4n) is 2.74. The minimum atomic E-state index is 0.527. The van der Waals surface area contributed by atoms with Gasteiger partial charge in [-0.1, -0.05) is 31.0 Å². The number of nitrogens with one attached hydrogen (secondary N) is 4. The molecule has 0 amide bonds. The van der Waals surface area contributed by atoms with Gasteiger partial charge in [-0.3, -0.25) is 0 Å². The topological polar surface area (TPSA) is 119 Å². The summed E-state index contributed by atoms with van der Waals surface area (Å²) in [5.74, 6) is 1.77. The van der Waals surface area contributed by atoms with Gasteiger partial charge >= 0.3 is 0 Å². The zero-order valence-electron chi connectivity index (χ0n) is 19.3. The largest absolute Gasteiger partial charge is 0.338 e. The van der Waals surface area contributed by atoms with E-state index < -0.39 is 0 Å². The molecule has 10 heteroatoms. The second-order valence-corrected chi connectivity index (χ2v) is 7.42. The third-order valence-electron chi connectivity index (χ3n) is 4.15. The number of hydrogen-bond acceptors (Lipinski definition) is 9. The number of allylic oxidation sites excluding steroid dienone is 1. The van der Waals surface area contributed by atoms with E-state index in [2.05, 4.69) is 35.0 Å². The normalized spacial score (nSPS) is 10.9. The first-order chi connectivity index (χ1) is 15.6. The number of rotatable bonds is 11. The van der Waals surface area contributed by atoms with Gasteiger partial charge in [-0.15, -0.1) is 0 Å². The highest BCUT2D eigenvalue weighted by molar-refractivity contribution is 7.99. The van der Waals surface area contributed by atoms with E-state index in [-0.39, 0.29) is 0 Å². The SMILES string of the molecule is CC.CSNc1cc(-c2noc(CNCCN(C)C)n2)cc(-c2cnc(/C=C\C=N)[nH]2)c1. The number of imidazole rings is 1. The van der Waals surface area contributed by atoms with Crippen LogP contribution in [0.25, 0.3) is 28.7 Å². The number of hydrogen-bond donors (Lipinski definition) is 4. The maximum absolute atomic E-state index is 7.10. The molecule has 1 aromatic carbocycles. The van der Waals surface area contributed by atoms with E-state index in [9.17, 15) is 0 Å². The summed E-state index contributed by atoms with van der Waals surface area (Å²) in [6.07, 6.45) is 8.31. The van der Waals surface area contributed by atoms with Crippen LogP contribution < -0.4 is 10.0 Å². The van der Waals surface area contributed by atoms with Crippen LogP contribution in [0.2, 0.25) is 0 Å². The van der Waals surface area contributed by atoms with Gasteiger partial charge in [-0.2, -0.15) is 4.98 Å². The molecule has 0 fully saturated rings. The lowest BCUT2D eigenvalue weighted by Gasteiger charge is -2.08. The molecule has 0 saturated carbocycles. The van der Waals surface area contributed by atoms with Crippen LogP contribution in [0.3, 0.4) is 0 Å². The fourth-order valence-corrected chi connectivity index (χ4v) is 3.09. The minimum Gasteiger partial charge on any atom is -0.338 e. The molecule has 0 aliphatic heterocycles. The lowest BCUT2D eigenvalue weighted by molar-refractivity contribution is 0.355. The molecule has 4 N–H and O–H groups in total. The van der Waals surface area contributed by atoms with Crippen molar-refractivity contribution >= 4 is 29.9 Å². The maximum Gasteiger partial charge on any atom is 0.240 e. The summed E-state index contributed by atoms with van der Waals surface area (Å²) in [6, 6.07) is 6.01. The lowest BCUT2D eigenvalue weighted by atomic mass is 10.1. The van der Waals surface area contributed by atoms with E-state index in [1.807, 2.05) is 52.4 Å². The van der Waals surface area contributed by atoms with E-state index in [0.717, 1.165) is 35.6 Å². The molecule has 32 heavy (non-hydrogen) atoms. The molecule has 0 spiro atoms. The van der Waals surface area contributed by atoms with Gasteiger partial charge in [0.2, 0.25) is 11.7 Å². The molecule has 2 aromatic heterocycles. The highest BCUT2D eigenvalue weighted by atomic mass is 32.2. The van der Waals surface area contributed by atoms with Gasteiger partial charge in [0, 0.05) is 42.4 Å². The van der Waals surface area contributed by atoms with Gasteiger partial charge in [0.15, 0.2) is 0 Å². The zero-order chi connectivity index (χ0) is 23.3. The van der Waals surface area contributed by atoms with Crippen molar-refractivity contribution in [3.63, 3.8) is 0 Å². The van der Waals surface area contributed by atoms with Crippen LogP contribution in [0, 0.1) is 5.41 Å². The first-order valence-electron chi connectivity index (χ1n) is 10.4. The van der Waals surface area contributed by atoms with E-state index in [1.54, 1.807) is 18.3 Å². The standard InChI is InChI=1S/C20H26N8OS.C2H6/c1-28(2)8-7-22-13-19-25-20(26-29-19)15-9-14(10-16(11-15)27-30-3)17-12-23-18(24-17)5-4-6-21;1-2/h4-6,9-12,21-22,27H,7-8,13H2,1-3H3,(H,23,24);1-2H3/b5-4-,21-6?;. The van der Waals surface area contributed by atoms with Crippen molar-refractivity contribution < 1.29 is 4.52 Å². The van der Waals surface area contributed by atoms with Gasteiger partial charge < -0.3 is 29.9 Å². The second-order valence-electron chi connectivity index (χ2n) is 6.80. The van der Waals surface area contributed by atoms with Crippen molar-refractivity contribution in [1.82, 2.24) is 30.3 Å². The highest BCUT2D eigenvalue weighted by Crippen LogP contribution is 2.29. The number of benzene rings is 1. The molecular formula is C22H32N8OS. The van der Waals surface area contributed by atoms with Crippen molar-refractivity contribution in [2.45, 2.75) is 20.4 Å². The lowest BCUT2D eigenvalue weighted by Crippen LogP contribution is -2.26. The number of aromatic nitrogens is 4. The summed E-state index contributed by atoms with van der Waals surface area (Å²) < 4.78 is 8.67. The molecule has 0 aliphatic carbocycles. The Labute approximate surface area is 193 Å². The highest BCUT2D eigenvalue weighted by Gasteiger charge is 2.13. The number of anilines is 1. The van der Waals surface area contributed by atoms with Crippen LogP contribution in [-0.2, 0) is 6.54 Å². The third kappa shape index (κ3) is 7.63. The predicted molar refractivity (Wildman–Crippen MR) is 134 cm³/mol. The summed E-state index contributed by atoms with van der Waals surface area (Å²) in [6.45, 7) is 6.31. The Kier molecular flexibility index (Phi) is 10.6. The van der Waals surface area contributed by atoms with Crippen LogP contribution >= 0.6 is 11.9 Å². The molecule has 172 valence electrons. The number of nitrogens with zero attached hydrogens (tertiary/aromatic N) is 4. The quantitative estimate of drug-likeness (QED) is 0.193. The summed E-state index contributed by atoms with van der Waals surface area (Å²) >= 11 is 1.51. The first-order valence-corrected chi connectivity index (χ1v) is 11.7. The van der Waals surface area contributed by atoms with Gasteiger partial charge in [0.25, 0.3) is 0 Å². The molecule has 0 bridgehead atoms. The number of H-pyrrole nitrogens is 1. The van der Waals surface area contributed by atoms with E-state index in [1.165, 1.54) is 18.2 Å².